The third-order valence-corrected chi connectivity index (χ3v) is 7.10. The molecule has 0 aliphatic carbocycles. The third kappa shape index (κ3) is 3.22. The molecule has 0 unspecified atom stereocenters. The van der Waals surface area contributed by atoms with Crippen molar-refractivity contribution in [1.82, 2.24) is 0 Å². The second-order valence-corrected chi connectivity index (χ2v) is 8.96. The SMILES string of the molecule is COc1ccc(NC(=O)C2=C3CCCN3c3ccc(Cl)cc3S2(=O)=O)cc1OC. The predicted octanol–water partition coefficient (Wildman–Crippen LogP) is 3.60. The molecule has 2 aromatic carbocycles. The number of sulfone groups is 1. The van der Waals surface area contributed by atoms with Crippen LogP contribution in [0.1, 0.15) is 12.8 Å². The zero-order valence-corrected chi connectivity index (χ0v) is 17.4. The van der Waals surface area contributed by atoms with Crippen LogP contribution in [-0.4, -0.2) is 35.1 Å². The number of hydrogen-bond acceptors (Lipinski definition) is 6. The van der Waals surface area contributed by atoms with E-state index >= 15 is 0 Å². The van der Waals surface area contributed by atoms with Crippen LogP contribution in [-0.2, 0) is 14.6 Å². The number of fused-ring (bicyclic) bond motifs is 3. The Morgan fingerprint density at radius 2 is 1.86 bits per heavy atom. The van der Waals surface area contributed by atoms with Gasteiger partial charge in [-0.2, -0.15) is 0 Å². The summed E-state index contributed by atoms with van der Waals surface area (Å²) in [6.45, 7) is 0.645. The normalized spacial score (nSPS) is 16.9. The summed E-state index contributed by atoms with van der Waals surface area (Å²) in [5, 5.41) is 2.98. The van der Waals surface area contributed by atoms with Crippen molar-refractivity contribution < 1.29 is 22.7 Å². The molecule has 9 heteroatoms. The van der Waals surface area contributed by atoms with Gasteiger partial charge in [0.05, 0.1) is 24.8 Å². The molecular formula is C20H19ClN2O5S. The van der Waals surface area contributed by atoms with Crippen molar-refractivity contribution >= 4 is 38.7 Å². The Labute approximate surface area is 173 Å². The van der Waals surface area contributed by atoms with Crippen molar-refractivity contribution in [3.63, 3.8) is 0 Å². The molecule has 2 aliphatic rings. The lowest BCUT2D eigenvalue weighted by atomic mass is 10.2. The molecule has 0 saturated carbocycles. The van der Waals surface area contributed by atoms with Gasteiger partial charge in [-0.25, -0.2) is 8.42 Å². The van der Waals surface area contributed by atoms with Crippen LogP contribution in [0.15, 0.2) is 51.9 Å². The van der Waals surface area contributed by atoms with Crippen LogP contribution < -0.4 is 19.7 Å². The highest BCUT2D eigenvalue weighted by Crippen LogP contribution is 2.44. The highest BCUT2D eigenvalue weighted by molar-refractivity contribution is 7.96. The lowest BCUT2D eigenvalue weighted by molar-refractivity contribution is -0.112. The molecule has 1 amide bonds. The molecule has 2 aliphatic heterocycles. The van der Waals surface area contributed by atoms with Gasteiger partial charge in [-0.1, -0.05) is 11.6 Å². The maximum Gasteiger partial charge on any atom is 0.269 e. The minimum Gasteiger partial charge on any atom is -0.493 e. The summed E-state index contributed by atoms with van der Waals surface area (Å²) in [7, 11) is -1.03. The molecule has 1 fully saturated rings. The highest BCUT2D eigenvalue weighted by Gasteiger charge is 2.42. The molecule has 1 saturated heterocycles. The number of nitrogens with one attached hydrogen (secondary N) is 1. The number of carbonyl (C=O) groups excluding carboxylic acids is 1. The van der Waals surface area contributed by atoms with Crippen LogP contribution in [0.4, 0.5) is 11.4 Å². The fourth-order valence-corrected chi connectivity index (χ4v) is 5.73. The topological polar surface area (TPSA) is 84.9 Å². The van der Waals surface area contributed by atoms with Crippen molar-refractivity contribution in [2.24, 2.45) is 0 Å². The van der Waals surface area contributed by atoms with E-state index in [0.29, 0.717) is 46.6 Å². The molecule has 1 N–H and O–H groups in total. The van der Waals surface area contributed by atoms with Gasteiger partial charge in [-0.05, 0) is 43.2 Å². The van der Waals surface area contributed by atoms with Gasteiger partial charge in [0.2, 0.25) is 9.84 Å². The number of nitrogens with zero attached hydrogens (tertiary/aromatic N) is 1. The number of carbonyl (C=O) groups is 1. The molecule has 0 atom stereocenters. The van der Waals surface area contributed by atoms with E-state index < -0.39 is 15.7 Å². The minimum atomic E-state index is -4.02. The van der Waals surface area contributed by atoms with Gasteiger partial charge >= 0.3 is 0 Å². The second-order valence-electron chi connectivity index (χ2n) is 6.67. The molecular weight excluding hydrogens is 416 g/mol. The van der Waals surface area contributed by atoms with Crippen LogP contribution in [0.3, 0.4) is 0 Å². The van der Waals surface area contributed by atoms with E-state index in [-0.39, 0.29) is 9.80 Å². The minimum absolute atomic E-state index is 0.0492. The van der Waals surface area contributed by atoms with E-state index in [1.807, 2.05) is 4.90 Å². The summed E-state index contributed by atoms with van der Waals surface area (Å²) >= 11 is 6.04. The van der Waals surface area contributed by atoms with Crippen molar-refractivity contribution in [2.75, 3.05) is 31.0 Å². The summed E-state index contributed by atoms with van der Waals surface area (Å²) in [6, 6.07) is 9.57. The first kappa shape index (κ1) is 19.6. The van der Waals surface area contributed by atoms with E-state index in [1.165, 1.54) is 20.3 Å². The van der Waals surface area contributed by atoms with E-state index in [0.717, 1.165) is 6.42 Å². The molecule has 7 nitrogen and oxygen atoms in total. The molecule has 2 heterocycles. The fraction of sp³-hybridized carbons (Fsp3) is 0.250. The van der Waals surface area contributed by atoms with E-state index in [2.05, 4.69) is 5.32 Å². The van der Waals surface area contributed by atoms with Crippen LogP contribution in [0.2, 0.25) is 5.02 Å². The Morgan fingerprint density at radius 3 is 2.59 bits per heavy atom. The molecule has 152 valence electrons. The number of amides is 1. The maximum absolute atomic E-state index is 13.3. The Kier molecular flexibility index (Phi) is 4.92. The molecule has 0 radical (unpaired) electrons. The lowest BCUT2D eigenvalue weighted by Gasteiger charge is -2.30. The Hall–Kier alpha value is -2.71. The summed E-state index contributed by atoms with van der Waals surface area (Å²) < 4.78 is 37.0. The largest absolute Gasteiger partial charge is 0.493 e. The average Bonchev–Trinajstić information content (AvgIpc) is 3.16. The summed E-state index contributed by atoms with van der Waals surface area (Å²) in [5.41, 5.74) is 1.47. The van der Waals surface area contributed by atoms with E-state index in [1.54, 1.807) is 30.3 Å². The average molecular weight is 435 g/mol. The number of ether oxygens (including phenoxy) is 2. The van der Waals surface area contributed by atoms with Gasteiger partial charge in [0.25, 0.3) is 5.91 Å². The molecule has 0 spiro atoms. The van der Waals surface area contributed by atoms with Gasteiger partial charge in [-0.15, -0.1) is 0 Å². The van der Waals surface area contributed by atoms with Crippen molar-refractivity contribution in [1.29, 1.82) is 0 Å². The first-order chi connectivity index (χ1) is 13.9. The van der Waals surface area contributed by atoms with Crippen LogP contribution in [0, 0.1) is 0 Å². The first-order valence-electron chi connectivity index (χ1n) is 8.95. The summed E-state index contributed by atoms with van der Waals surface area (Å²) in [4.78, 5) is 14.8. The maximum atomic E-state index is 13.3. The van der Waals surface area contributed by atoms with Crippen molar-refractivity contribution in [3.8, 4) is 11.5 Å². The second kappa shape index (κ2) is 7.27. The number of benzene rings is 2. The standard InChI is InChI=1S/C20H19ClN2O5S/c1-27-16-8-6-13(11-17(16)28-2)22-20(24)19-15-4-3-9-23(15)14-7-5-12(21)10-18(14)29(19,25)26/h5-8,10-11H,3-4,9H2,1-2H3,(H,22,24). The van der Waals surface area contributed by atoms with Crippen molar-refractivity contribution in [2.45, 2.75) is 17.7 Å². The molecule has 29 heavy (non-hydrogen) atoms. The Bertz CT molecular complexity index is 1140. The first-order valence-corrected chi connectivity index (χ1v) is 10.8. The van der Waals surface area contributed by atoms with Gasteiger partial charge in [0, 0.05) is 29.0 Å². The monoisotopic (exact) mass is 434 g/mol. The van der Waals surface area contributed by atoms with Crippen LogP contribution >= 0.6 is 11.6 Å². The third-order valence-electron chi connectivity index (χ3n) is 5.00. The smallest absolute Gasteiger partial charge is 0.269 e. The Balaban J connectivity index is 1.76. The molecule has 0 bridgehead atoms. The zero-order chi connectivity index (χ0) is 20.8. The van der Waals surface area contributed by atoms with Gasteiger partial charge in [-0.3, -0.25) is 4.79 Å². The molecule has 4 rings (SSSR count). The highest BCUT2D eigenvalue weighted by atomic mass is 35.5. The number of allylic oxidation sites excluding steroid dienone is 1. The summed E-state index contributed by atoms with van der Waals surface area (Å²) in [5.74, 6) is 0.238. The van der Waals surface area contributed by atoms with Crippen LogP contribution in [0.25, 0.3) is 0 Å². The number of anilines is 2. The number of methoxy groups -OCH3 is 2. The predicted molar refractivity (Wildman–Crippen MR) is 110 cm³/mol. The van der Waals surface area contributed by atoms with Crippen LogP contribution in [0.5, 0.6) is 11.5 Å². The number of halogens is 1. The van der Waals surface area contributed by atoms with Gasteiger partial charge < -0.3 is 19.7 Å². The zero-order valence-electron chi connectivity index (χ0n) is 15.9. The number of hydrogen-bond donors (Lipinski definition) is 1. The van der Waals surface area contributed by atoms with E-state index in [4.69, 9.17) is 21.1 Å². The quantitative estimate of drug-likeness (QED) is 0.791. The van der Waals surface area contributed by atoms with E-state index in [9.17, 15) is 13.2 Å². The van der Waals surface area contributed by atoms with Crippen molar-refractivity contribution in [3.05, 3.63) is 52.0 Å². The summed E-state index contributed by atoms with van der Waals surface area (Å²) in [6.07, 6.45) is 1.27. The number of rotatable bonds is 4. The molecule has 2 aromatic rings. The lowest BCUT2D eigenvalue weighted by Crippen LogP contribution is -2.32. The van der Waals surface area contributed by atoms with Gasteiger partial charge in [0.1, 0.15) is 0 Å². The molecule has 0 aromatic heterocycles. The van der Waals surface area contributed by atoms with Gasteiger partial charge in [0.15, 0.2) is 16.4 Å². The Morgan fingerprint density at radius 1 is 1.10 bits per heavy atom. The fourth-order valence-electron chi connectivity index (χ4n) is 3.72.